The van der Waals surface area contributed by atoms with Crippen LogP contribution in [0.25, 0.3) is 0 Å². The molecule has 0 saturated carbocycles. The summed E-state index contributed by atoms with van der Waals surface area (Å²) in [5.74, 6) is 0.911. The Morgan fingerprint density at radius 2 is 1.95 bits per heavy atom. The van der Waals surface area contributed by atoms with Crippen molar-refractivity contribution in [1.29, 1.82) is 0 Å². The lowest BCUT2D eigenvalue weighted by molar-refractivity contribution is 0.413. The standard InChI is InChI=1S/C18H24N2O/c1-4-9-20-18(13-15-7-10-19-11-8-15)17-6-5-16(21-3)12-14(17)2/h5-8,10-12,18,20H,4,9,13H2,1-3H3. The predicted molar refractivity (Wildman–Crippen MR) is 86.7 cm³/mol. The van der Waals surface area contributed by atoms with E-state index < -0.39 is 0 Å². The summed E-state index contributed by atoms with van der Waals surface area (Å²) in [5, 5.41) is 3.65. The molecule has 0 fully saturated rings. The predicted octanol–water partition coefficient (Wildman–Crippen LogP) is 3.68. The van der Waals surface area contributed by atoms with Gasteiger partial charge >= 0.3 is 0 Å². The van der Waals surface area contributed by atoms with Gasteiger partial charge < -0.3 is 10.1 Å². The van der Waals surface area contributed by atoms with Gasteiger partial charge in [-0.3, -0.25) is 4.98 Å². The number of ether oxygens (including phenoxy) is 1. The van der Waals surface area contributed by atoms with Crippen molar-refractivity contribution in [3.8, 4) is 5.75 Å². The third-order valence-electron chi connectivity index (χ3n) is 3.68. The molecular weight excluding hydrogens is 260 g/mol. The smallest absolute Gasteiger partial charge is 0.119 e. The van der Waals surface area contributed by atoms with Crippen molar-refractivity contribution in [2.24, 2.45) is 0 Å². The number of nitrogens with zero attached hydrogens (tertiary/aromatic N) is 1. The zero-order chi connectivity index (χ0) is 15.1. The van der Waals surface area contributed by atoms with Gasteiger partial charge in [-0.2, -0.15) is 0 Å². The molecule has 0 bridgehead atoms. The molecule has 3 heteroatoms. The molecule has 1 heterocycles. The Labute approximate surface area is 127 Å². The molecule has 2 rings (SSSR count). The summed E-state index contributed by atoms with van der Waals surface area (Å²) in [6.45, 7) is 5.35. The largest absolute Gasteiger partial charge is 0.497 e. The number of hydrogen-bond acceptors (Lipinski definition) is 3. The number of aryl methyl sites for hydroxylation is 1. The van der Waals surface area contributed by atoms with Crippen LogP contribution in [0.5, 0.6) is 5.75 Å². The summed E-state index contributed by atoms with van der Waals surface area (Å²) >= 11 is 0. The molecule has 0 amide bonds. The first-order chi connectivity index (χ1) is 10.2. The minimum absolute atomic E-state index is 0.318. The summed E-state index contributed by atoms with van der Waals surface area (Å²) < 4.78 is 5.30. The fourth-order valence-corrected chi connectivity index (χ4v) is 2.53. The normalized spacial score (nSPS) is 12.1. The lowest BCUT2D eigenvalue weighted by Crippen LogP contribution is -2.24. The maximum Gasteiger partial charge on any atom is 0.119 e. The second-order valence-electron chi connectivity index (χ2n) is 5.29. The van der Waals surface area contributed by atoms with E-state index in [1.165, 1.54) is 16.7 Å². The quantitative estimate of drug-likeness (QED) is 0.842. The van der Waals surface area contributed by atoms with Crippen LogP contribution < -0.4 is 10.1 Å². The highest BCUT2D eigenvalue weighted by molar-refractivity contribution is 5.37. The first kappa shape index (κ1) is 15.5. The fourth-order valence-electron chi connectivity index (χ4n) is 2.53. The molecule has 0 radical (unpaired) electrons. The molecule has 3 nitrogen and oxygen atoms in total. The maximum absolute atomic E-state index is 5.30. The summed E-state index contributed by atoms with van der Waals surface area (Å²) in [5.41, 5.74) is 3.90. The van der Waals surface area contributed by atoms with Crippen molar-refractivity contribution in [1.82, 2.24) is 10.3 Å². The van der Waals surface area contributed by atoms with E-state index in [-0.39, 0.29) is 0 Å². The van der Waals surface area contributed by atoms with Gasteiger partial charge in [0.05, 0.1) is 7.11 Å². The van der Waals surface area contributed by atoms with Crippen molar-refractivity contribution in [3.05, 3.63) is 59.4 Å². The average Bonchev–Trinajstić information content (AvgIpc) is 2.52. The fraction of sp³-hybridized carbons (Fsp3) is 0.389. The minimum atomic E-state index is 0.318. The molecule has 0 saturated heterocycles. The third-order valence-corrected chi connectivity index (χ3v) is 3.68. The van der Waals surface area contributed by atoms with Gasteiger partial charge in [-0.1, -0.05) is 13.0 Å². The molecule has 0 spiro atoms. The van der Waals surface area contributed by atoms with Crippen molar-refractivity contribution < 1.29 is 4.74 Å². The molecular formula is C18H24N2O. The van der Waals surface area contributed by atoms with Crippen LogP contribution in [0.4, 0.5) is 0 Å². The Bertz CT molecular complexity index is 554. The van der Waals surface area contributed by atoms with Gasteiger partial charge in [-0.25, -0.2) is 0 Å². The number of aromatic nitrogens is 1. The van der Waals surface area contributed by atoms with Crippen LogP contribution in [-0.2, 0) is 6.42 Å². The van der Waals surface area contributed by atoms with Crippen LogP contribution in [0.15, 0.2) is 42.7 Å². The number of methoxy groups -OCH3 is 1. The van der Waals surface area contributed by atoms with Crippen LogP contribution >= 0.6 is 0 Å². The lowest BCUT2D eigenvalue weighted by atomic mass is 9.95. The number of rotatable bonds is 7. The zero-order valence-corrected chi connectivity index (χ0v) is 13.1. The second-order valence-corrected chi connectivity index (χ2v) is 5.29. The van der Waals surface area contributed by atoms with Crippen LogP contribution in [0.3, 0.4) is 0 Å². The van der Waals surface area contributed by atoms with Gasteiger partial charge in [-0.15, -0.1) is 0 Å². The van der Waals surface area contributed by atoms with Gasteiger partial charge in [0.2, 0.25) is 0 Å². The highest BCUT2D eigenvalue weighted by Gasteiger charge is 2.14. The molecule has 1 aromatic carbocycles. The number of benzene rings is 1. The minimum Gasteiger partial charge on any atom is -0.497 e. The molecule has 21 heavy (non-hydrogen) atoms. The van der Waals surface area contributed by atoms with E-state index in [2.05, 4.69) is 48.4 Å². The van der Waals surface area contributed by atoms with Crippen molar-refractivity contribution in [2.75, 3.05) is 13.7 Å². The molecule has 1 aromatic heterocycles. The Kier molecular flexibility index (Phi) is 5.76. The summed E-state index contributed by atoms with van der Waals surface area (Å²) in [6.07, 6.45) is 5.80. The van der Waals surface area contributed by atoms with E-state index in [1.54, 1.807) is 7.11 Å². The molecule has 112 valence electrons. The molecule has 0 aliphatic rings. The van der Waals surface area contributed by atoms with Crippen LogP contribution in [-0.4, -0.2) is 18.6 Å². The highest BCUT2D eigenvalue weighted by atomic mass is 16.5. The van der Waals surface area contributed by atoms with Gasteiger partial charge in [0.1, 0.15) is 5.75 Å². The summed E-state index contributed by atoms with van der Waals surface area (Å²) in [4.78, 5) is 4.09. The molecule has 1 atom stereocenters. The number of pyridine rings is 1. The van der Waals surface area contributed by atoms with E-state index in [9.17, 15) is 0 Å². The molecule has 1 N–H and O–H groups in total. The first-order valence-electron chi connectivity index (χ1n) is 7.51. The molecule has 1 unspecified atom stereocenters. The first-order valence-corrected chi connectivity index (χ1v) is 7.51. The van der Waals surface area contributed by atoms with Crippen LogP contribution in [0.2, 0.25) is 0 Å². The third kappa shape index (κ3) is 4.30. The Morgan fingerprint density at radius 3 is 2.57 bits per heavy atom. The SMILES string of the molecule is CCCNC(Cc1ccncc1)c1ccc(OC)cc1C. The van der Waals surface area contributed by atoms with Gasteiger partial charge in [-0.05, 0) is 67.3 Å². The van der Waals surface area contributed by atoms with Gasteiger partial charge in [0.15, 0.2) is 0 Å². The van der Waals surface area contributed by atoms with Gasteiger partial charge in [0.25, 0.3) is 0 Å². The average molecular weight is 284 g/mol. The Balaban J connectivity index is 2.22. The lowest BCUT2D eigenvalue weighted by Gasteiger charge is -2.21. The molecule has 0 aliphatic heterocycles. The topological polar surface area (TPSA) is 34.2 Å². The summed E-state index contributed by atoms with van der Waals surface area (Å²) in [7, 11) is 1.71. The maximum atomic E-state index is 5.30. The zero-order valence-electron chi connectivity index (χ0n) is 13.1. The Hall–Kier alpha value is -1.87. The monoisotopic (exact) mass is 284 g/mol. The van der Waals surface area contributed by atoms with Gasteiger partial charge in [0, 0.05) is 18.4 Å². The van der Waals surface area contributed by atoms with Crippen molar-refractivity contribution >= 4 is 0 Å². The summed E-state index contributed by atoms with van der Waals surface area (Å²) in [6, 6.07) is 10.8. The van der Waals surface area contributed by atoms with Crippen LogP contribution in [0.1, 0.15) is 36.1 Å². The van der Waals surface area contributed by atoms with Crippen molar-refractivity contribution in [3.63, 3.8) is 0 Å². The second kappa shape index (κ2) is 7.79. The molecule has 0 aliphatic carbocycles. The van der Waals surface area contributed by atoms with E-state index in [0.717, 1.165) is 25.1 Å². The highest BCUT2D eigenvalue weighted by Crippen LogP contribution is 2.25. The molecule has 2 aromatic rings. The van der Waals surface area contributed by atoms with Crippen molar-refractivity contribution in [2.45, 2.75) is 32.7 Å². The van der Waals surface area contributed by atoms with E-state index in [0.29, 0.717) is 6.04 Å². The Morgan fingerprint density at radius 1 is 1.19 bits per heavy atom. The van der Waals surface area contributed by atoms with E-state index in [1.807, 2.05) is 18.5 Å². The number of hydrogen-bond donors (Lipinski definition) is 1. The van der Waals surface area contributed by atoms with Crippen LogP contribution in [0, 0.1) is 6.92 Å². The van der Waals surface area contributed by atoms with E-state index in [4.69, 9.17) is 4.74 Å². The number of nitrogens with one attached hydrogen (secondary N) is 1. The van der Waals surface area contributed by atoms with E-state index >= 15 is 0 Å².